The average Bonchev–Trinajstić information content (AvgIpc) is 2.95. The number of carbonyl (C=O) groups is 2. The predicted molar refractivity (Wildman–Crippen MR) is 112 cm³/mol. The van der Waals surface area contributed by atoms with Crippen molar-refractivity contribution in [3.8, 4) is 23.8 Å². The molecule has 0 bridgehead atoms. The molecule has 5 nitrogen and oxygen atoms in total. The Morgan fingerprint density at radius 3 is 2.57 bits per heavy atom. The quantitative estimate of drug-likeness (QED) is 0.493. The van der Waals surface area contributed by atoms with Crippen LogP contribution in [-0.4, -0.2) is 24.4 Å². The van der Waals surface area contributed by atoms with Gasteiger partial charge in [-0.2, -0.15) is 0 Å². The molecule has 7 heteroatoms. The van der Waals surface area contributed by atoms with Gasteiger partial charge in [0.2, 0.25) is 0 Å². The molecule has 2 aromatic rings. The minimum absolute atomic E-state index is 0.124. The topological polar surface area (TPSA) is 55.8 Å². The van der Waals surface area contributed by atoms with Crippen LogP contribution < -0.4 is 14.4 Å². The molecule has 1 aliphatic heterocycles. The summed E-state index contributed by atoms with van der Waals surface area (Å²) in [7, 11) is 0. The number of nitrogens with zero attached hydrogens (tertiary/aromatic N) is 1. The fraction of sp³-hybridized carbons (Fsp3) is 0.143. The highest BCUT2D eigenvalue weighted by molar-refractivity contribution is 8.19. The Kier molecular flexibility index (Phi) is 6.30. The van der Waals surface area contributed by atoms with Gasteiger partial charge in [-0.1, -0.05) is 23.6 Å². The largest absolute Gasteiger partial charge is 0.490 e. The van der Waals surface area contributed by atoms with Crippen LogP contribution in [0.25, 0.3) is 6.08 Å². The van der Waals surface area contributed by atoms with E-state index in [0.29, 0.717) is 39.3 Å². The normalized spacial score (nSPS) is 15.0. The van der Waals surface area contributed by atoms with Crippen molar-refractivity contribution in [2.75, 3.05) is 18.1 Å². The molecule has 1 heterocycles. The summed E-state index contributed by atoms with van der Waals surface area (Å²) in [6, 6.07) is 11.8. The Morgan fingerprint density at radius 1 is 1.14 bits per heavy atom. The molecule has 0 N–H and O–H groups in total. The lowest BCUT2D eigenvalue weighted by Gasteiger charge is -2.12. The fourth-order valence-corrected chi connectivity index (χ4v) is 3.52. The highest BCUT2D eigenvalue weighted by Crippen LogP contribution is 2.37. The van der Waals surface area contributed by atoms with E-state index in [9.17, 15) is 9.59 Å². The summed E-state index contributed by atoms with van der Waals surface area (Å²) in [6.45, 7) is 2.43. The van der Waals surface area contributed by atoms with Crippen LogP contribution in [0.4, 0.5) is 10.5 Å². The fourth-order valence-electron chi connectivity index (χ4n) is 2.55. The number of hydrogen-bond donors (Lipinski definition) is 0. The van der Waals surface area contributed by atoms with Gasteiger partial charge in [-0.05, 0) is 66.7 Å². The molecule has 0 radical (unpaired) electrons. The monoisotopic (exact) mass is 413 g/mol. The van der Waals surface area contributed by atoms with Gasteiger partial charge in [0.1, 0.15) is 6.61 Å². The zero-order valence-electron chi connectivity index (χ0n) is 15.0. The van der Waals surface area contributed by atoms with Crippen LogP contribution in [0.3, 0.4) is 0 Å². The molecule has 1 saturated heterocycles. The van der Waals surface area contributed by atoms with Crippen molar-refractivity contribution in [3.63, 3.8) is 0 Å². The lowest BCUT2D eigenvalue weighted by atomic mass is 10.1. The number of thioether (sulfide) groups is 1. The first-order valence-electron chi connectivity index (χ1n) is 8.40. The zero-order valence-corrected chi connectivity index (χ0v) is 16.5. The van der Waals surface area contributed by atoms with E-state index in [1.165, 1.54) is 0 Å². The van der Waals surface area contributed by atoms with E-state index < -0.39 is 0 Å². The Hall–Kier alpha value is -2.88. The van der Waals surface area contributed by atoms with E-state index in [-0.39, 0.29) is 17.8 Å². The van der Waals surface area contributed by atoms with Crippen LogP contribution >= 0.6 is 23.4 Å². The van der Waals surface area contributed by atoms with Crippen molar-refractivity contribution in [2.24, 2.45) is 0 Å². The molecule has 142 valence electrons. The van der Waals surface area contributed by atoms with Crippen LogP contribution in [0.1, 0.15) is 12.5 Å². The van der Waals surface area contributed by atoms with Gasteiger partial charge in [0.05, 0.1) is 17.2 Å². The Labute approximate surface area is 172 Å². The van der Waals surface area contributed by atoms with Gasteiger partial charge in [-0.3, -0.25) is 9.59 Å². The number of rotatable bonds is 6. The first-order valence-corrected chi connectivity index (χ1v) is 9.59. The van der Waals surface area contributed by atoms with Gasteiger partial charge in [0.25, 0.3) is 11.1 Å². The van der Waals surface area contributed by atoms with E-state index >= 15 is 0 Å². The standard InChI is InChI=1S/C21H16ClNO4S/c1-3-11-27-17-10-5-14(12-18(17)26-4-2)13-19-20(24)23(21(25)28-19)16-8-6-15(22)7-9-16/h1,5-10,12-13H,4,11H2,2H3/b19-13-. The number of imide groups is 1. The molecule has 2 amide bonds. The van der Waals surface area contributed by atoms with Crippen molar-refractivity contribution >= 4 is 46.3 Å². The summed E-state index contributed by atoms with van der Waals surface area (Å²) in [4.78, 5) is 26.5. The Bertz CT molecular complexity index is 979. The smallest absolute Gasteiger partial charge is 0.298 e. The second-order valence-electron chi connectivity index (χ2n) is 5.63. The molecule has 0 atom stereocenters. The summed E-state index contributed by atoms with van der Waals surface area (Å²) < 4.78 is 11.0. The minimum atomic E-state index is -0.386. The molecule has 0 aromatic heterocycles. The lowest BCUT2D eigenvalue weighted by Crippen LogP contribution is -2.27. The summed E-state index contributed by atoms with van der Waals surface area (Å²) in [5.74, 6) is 3.05. The minimum Gasteiger partial charge on any atom is -0.490 e. The van der Waals surface area contributed by atoms with Gasteiger partial charge in [0.15, 0.2) is 11.5 Å². The third kappa shape index (κ3) is 4.33. The summed E-state index contributed by atoms with van der Waals surface area (Å²) in [6.07, 6.45) is 6.87. The van der Waals surface area contributed by atoms with Crippen molar-refractivity contribution in [1.29, 1.82) is 0 Å². The number of benzene rings is 2. The SMILES string of the molecule is C#CCOc1ccc(/C=C2\SC(=O)N(c3ccc(Cl)cc3)C2=O)cc1OCC. The summed E-state index contributed by atoms with van der Waals surface area (Å²) in [5.41, 5.74) is 1.18. The van der Waals surface area contributed by atoms with E-state index in [1.807, 2.05) is 6.92 Å². The maximum absolute atomic E-state index is 12.7. The second-order valence-corrected chi connectivity index (χ2v) is 7.06. The van der Waals surface area contributed by atoms with Gasteiger partial charge in [-0.15, -0.1) is 6.42 Å². The number of halogens is 1. The van der Waals surface area contributed by atoms with E-state index in [0.717, 1.165) is 16.7 Å². The second kappa shape index (κ2) is 8.87. The molecular formula is C21H16ClNO4S. The first kappa shape index (κ1) is 19.9. The molecule has 0 aliphatic carbocycles. The Balaban J connectivity index is 1.88. The zero-order chi connectivity index (χ0) is 20.1. The van der Waals surface area contributed by atoms with Gasteiger partial charge in [0, 0.05) is 5.02 Å². The lowest BCUT2D eigenvalue weighted by molar-refractivity contribution is -0.113. The molecule has 1 fully saturated rings. The highest BCUT2D eigenvalue weighted by atomic mass is 35.5. The maximum Gasteiger partial charge on any atom is 0.298 e. The molecule has 0 unspecified atom stereocenters. The Morgan fingerprint density at radius 2 is 1.89 bits per heavy atom. The van der Waals surface area contributed by atoms with Crippen molar-refractivity contribution in [1.82, 2.24) is 0 Å². The number of carbonyl (C=O) groups excluding carboxylic acids is 2. The maximum atomic E-state index is 12.7. The third-order valence-electron chi connectivity index (χ3n) is 3.75. The molecular weight excluding hydrogens is 398 g/mol. The van der Waals surface area contributed by atoms with Crippen LogP contribution in [0.15, 0.2) is 47.4 Å². The van der Waals surface area contributed by atoms with Crippen molar-refractivity contribution in [3.05, 3.63) is 58.0 Å². The predicted octanol–water partition coefficient (Wildman–Crippen LogP) is 4.99. The summed E-state index contributed by atoms with van der Waals surface area (Å²) in [5, 5.41) is 0.166. The number of hydrogen-bond acceptors (Lipinski definition) is 5. The van der Waals surface area contributed by atoms with Crippen LogP contribution in [0, 0.1) is 12.3 Å². The molecule has 0 saturated carbocycles. The molecule has 2 aromatic carbocycles. The first-order chi connectivity index (χ1) is 13.5. The number of ether oxygens (including phenoxy) is 2. The molecule has 0 spiro atoms. The molecule has 3 rings (SSSR count). The average molecular weight is 414 g/mol. The van der Waals surface area contributed by atoms with Crippen LogP contribution in [0.5, 0.6) is 11.5 Å². The number of terminal acetylenes is 1. The van der Waals surface area contributed by atoms with Gasteiger partial charge < -0.3 is 9.47 Å². The number of anilines is 1. The highest BCUT2D eigenvalue weighted by Gasteiger charge is 2.36. The van der Waals surface area contributed by atoms with Crippen LogP contribution in [0.2, 0.25) is 5.02 Å². The van der Waals surface area contributed by atoms with E-state index in [2.05, 4.69) is 5.92 Å². The third-order valence-corrected chi connectivity index (χ3v) is 4.88. The molecule has 1 aliphatic rings. The number of amides is 2. The van der Waals surface area contributed by atoms with Crippen molar-refractivity contribution < 1.29 is 19.1 Å². The van der Waals surface area contributed by atoms with Gasteiger partial charge >= 0.3 is 0 Å². The van der Waals surface area contributed by atoms with Gasteiger partial charge in [-0.25, -0.2) is 4.90 Å². The van der Waals surface area contributed by atoms with Crippen molar-refractivity contribution in [2.45, 2.75) is 6.92 Å². The molecule has 28 heavy (non-hydrogen) atoms. The van der Waals surface area contributed by atoms with E-state index in [1.54, 1.807) is 48.5 Å². The van der Waals surface area contributed by atoms with Crippen LogP contribution in [-0.2, 0) is 4.79 Å². The summed E-state index contributed by atoms with van der Waals surface area (Å²) >= 11 is 6.75. The van der Waals surface area contributed by atoms with E-state index in [4.69, 9.17) is 27.5 Å².